The highest BCUT2D eigenvalue weighted by molar-refractivity contribution is 7.99. The molecule has 4 nitrogen and oxygen atoms in total. The van der Waals surface area contributed by atoms with Crippen LogP contribution in [-0.4, -0.2) is 34.2 Å². The largest absolute Gasteiger partial charge is 0.496 e. The first-order chi connectivity index (χ1) is 16.0. The first-order valence-electron chi connectivity index (χ1n) is 12.4. The number of unbranched alkanes of at least 4 members (excludes halogenated alkanes) is 5. The molecule has 0 radical (unpaired) electrons. The minimum atomic E-state index is 0.346. The molecule has 0 heterocycles. The Morgan fingerprint density at radius 2 is 1.33 bits per heavy atom. The average Bonchev–Trinajstić information content (AvgIpc) is 2.82. The number of hydrogen-bond donors (Lipinski definition) is 0. The van der Waals surface area contributed by atoms with E-state index in [4.69, 9.17) is 18.9 Å². The summed E-state index contributed by atoms with van der Waals surface area (Å²) in [5.74, 6) is 5.03. The number of methoxy groups -OCH3 is 4. The molecular weight excluding hydrogens is 432 g/mol. The van der Waals surface area contributed by atoms with E-state index in [0.29, 0.717) is 11.2 Å². The van der Waals surface area contributed by atoms with Gasteiger partial charge in [0.25, 0.3) is 0 Å². The van der Waals surface area contributed by atoms with Crippen molar-refractivity contribution >= 4 is 22.5 Å². The van der Waals surface area contributed by atoms with Gasteiger partial charge < -0.3 is 18.9 Å². The average molecular weight is 477 g/mol. The molecule has 2 rings (SSSR count). The Balaban J connectivity index is 2.49. The van der Waals surface area contributed by atoms with Crippen molar-refractivity contribution in [3.05, 3.63) is 23.8 Å². The number of thioether (sulfide) groups is 1. The molecule has 186 valence electrons. The Morgan fingerprint density at radius 3 is 1.91 bits per heavy atom. The zero-order valence-electron chi connectivity index (χ0n) is 21.8. The summed E-state index contributed by atoms with van der Waals surface area (Å²) in [4.78, 5) is 0. The standard InChI is InChI=1S/C28H44O4S/c1-8-9-10-11-12-13-14-25(33-18-17-20(2)3)21-19-24(31-6)26-22(29-4)15-16-23(30-5)27(26)28(21)32-7/h15-16,19-20,25H,8-14,17-18H2,1-7H3. The zero-order chi connectivity index (χ0) is 24.2. The molecule has 1 unspecified atom stereocenters. The molecule has 5 heteroatoms. The van der Waals surface area contributed by atoms with Crippen LogP contribution in [0.3, 0.4) is 0 Å². The maximum absolute atomic E-state index is 6.06. The van der Waals surface area contributed by atoms with Crippen LogP contribution >= 0.6 is 11.8 Å². The third-order valence-electron chi connectivity index (χ3n) is 6.20. The lowest BCUT2D eigenvalue weighted by atomic mass is 9.97. The lowest BCUT2D eigenvalue weighted by molar-refractivity contribution is 0.389. The van der Waals surface area contributed by atoms with E-state index in [1.54, 1.807) is 28.4 Å². The molecule has 33 heavy (non-hydrogen) atoms. The molecule has 0 spiro atoms. The smallest absolute Gasteiger partial charge is 0.135 e. The van der Waals surface area contributed by atoms with Crippen molar-refractivity contribution < 1.29 is 18.9 Å². The molecule has 0 aliphatic carbocycles. The van der Waals surface area contributed by atoms with Gasteiger partial charge in [-0.25, -0.2) is 0 Å². The number of ether oxygens (including phenoxy) is 4. The van der Waals surface area contributed by atoms with Gasteiger partial charge in [-0.1, -0.05) is 59.3 Å². The second-order valence-electron chi connectivity index (χ2n) is 9.02. The van der Waals surface area contributed by atoms with Crippen LogP contribution in [-0.2, 0) is 0 Å². The Bertz CT molecular complexity index is 850. The predicted octanol–water partition coefficient (Wildman–Crippen LogP) is 8.45. The van der Waals surface area contributed by atoms with E-state index in [2.05, 4.69) is 26.8 Å². The first kappa shape index (κ1) is 27.5. The fourth-order valence-electron chi connectivity index (χ4n) is 4.30. The maximum atomic E-state index is 6.06. The first-order valence-corrected chi connectivity index (χ1v) is 13.5. The Kier molecular flexibility index (Phi) is 12.1. The molecule has 0 N–H and O–H groups in total. The normalized spacial score (nSPS) is 12.2. The topological polar surface area (TPSA) is 36.9 Å². The number of fused-ring (bicyclic) bond motifs is 1. The lowest BCUT2D eigenvalue weighted by Gasteiger charge is -2.24. The number of hydrogen-bond acceptors (Lipinski definition) is 5. The molecule has 2 aromatic carbocycles. The molecule has 0 aliphatic rings. The monoisotopic (exact) mass is 476 g/mol. The van der Waals surface area contributed by atoms with E-state index in [9.17, 15) is 0 Å². The van der Waals surface area contributed by atoms with Gasteiger partial charge in [-0.2, -0.15) is 11.8 Å². The summed E-state index contributed by atoms with van der Waals surface area (Å²) in [5, 5.41) is 2.16. The van der Waals surface area contributed by atoms with Gasteiger partial charge in [-0.3, -0.25) is 0 Å². The van der Waals surface area contributed by atoms with E-state index >= 15 is 0 Å². The molecule has 2 aromatic rings. The van der Waals surface area contributed by atoms with Crippen molar-refractivity contribution in [3.63, 3.8) is 0 Å². The van der Waals surface area contributed by atoms with Crippen LogP contribution in [0.15, 0.2) is 18.2 Å². The Labute approximate surface area is 205 Å². The van der Waals surface area contributed by atoms with Crippen molar-refractivity contribution in [2.45, 2.75) is 77.4 Å². The van der Waals surface area contributed by atoms with E-state index in [1.807, 2.05) is 23.9 Å². The molecule has 0 aliphatic heterocycles. The van der Waals surface area contributed by atoms with Crippen LogP contribution in [0.2, 0.25) is 0 Å². The van der Waals surface area contributed by atoms with E-state index in [-0.39, 0.29) is 0 Å². The number of rotatable bonds is 16. The summed E-state index contributed by atoms with van der Waals surface area (Å²) in [5.41, 5.74) is 1.19. The molecule has 0 bridgehead atoms. The zero-order valence-corrected chi connectivity index (χ0v) is 22.6. The molecular formula is C28H44O4S. The van der Waals surface area contributed by atoms with Crippen LogP contribution in [0.1, 0.15) is 83.0 Å². The van der Waals surface area contributed by atoms with Gasteiger partial charge in [0, 0.05) is 10.8 Å². The highest BCUT2D eigenvalue weighted by Crippen LogP contribution is 2.50. The second-order valence-corrected chi connectivity index (χ2v) is 10.3. The van der Waals surface area contributed by atoms with Gasteiger partial charge >= 0.3 is 0 Å². The van der Waals surface area contributed by atoms with Gasteiger partial charge in [-0.05, 0) is 42.7 Å². The predicted molar refractivity (Wildman–Crippen MR) is 143 cm³/mol. The van der Waals surface area contributed by atoms with Crippen molar-refractivity contribution in [2.75, 3.05) is 34.2 Å². The third-order valence-corrected chi connectivity index (χ3v) is 7.56. The van der Waals surface area contributed by atoms with Crippen LogP contribution < -0.4 is 18.9 Å². The van der Waals surface area contributed by atoms with E-state index in [0.717, 1.165) is 45.9 Å². The molecule has 0 fully saturated rings. The summed E-state index contributed by atoms with van der Waals surface area (Å²) >= 11 is 2.04. The van der Waals surface area contributed by atoms with Crippen LogP contribution in [0, 0.1) is 5.92 Å². The maximum Gasteiger partial charge on any atom is 0.135 e. The van der Waals surface area contributed by atoms with Crippen molar-refractivity contribution in [3.8, 4) is 23.0 Å². The highest BCUT2D eigenvalue weighted by Gasteiger charge is 2.25. The molecule has 0 amide bonds. The summed E-state index contributed by atoms with van der Waals surface area (Å²) in [7, 11) is 6.86. The molecule has 0 aromatic heterocycles. The van der Waals surface area contributed by atoms with E-state index < -0.39 is 0 Å². The second kappa shape index (κ2) is 14.5. The summed E-state index contributed by atoms with van der Waals surface area (Å²) in [6.07, 6.45) is 10.1. The van der Waals surface area contributed by atoms with Crippen molar-refractivity contribution in [2.24, 2.45) is 5.92 Å². The van der Waals surface area contributed by atoms with Gasteiger partial charge in [-0.15, -0.1) is 0 Å². The summed E-state index contributed by atoms with van der Waals surface area (Å²) in [6.45, 7) is 6.85. The quantitative estimate of drug-likeness (QED) is 0.227. The number of benzene rings is 2. The minimum Gasteiger partial charge on any atom is -0.496 e. The van der Waals surface area contributed by atoms with Crippen LogP contribution in [0.5, 0.6) is 23.0 Å². The SMILES string of the molecule is CCCCCCCCC(SCCC(C)C)c1cc(OC)c2c(OC)ccc(OC)c2c1OC. The van der Waals surface area contributed by atoms with Gasteiger partial charge in [0.2, 0.25) is 0 Å². The minimum absolute atomic E-state index is 0.346. The van der Waals surface area contributed by atoms with Crippen LogP contribution in [0.25, 0.3) is 10.8 Å². The van der Waals surface area contributed by atoms with E-state index in [1.165, 1.54) is 50.5 Å². The lowest BCUT2D eigenvalue weighted by Crippen LogP contribution is -2.04. The molecule has 0 saturated carbocycles. The molecule has 1 atom stereocenters. The fourth-order valence-corrected chi connectivity index (χ4v) is 5.88. The van der Waals surface area contributed by atoms with Gasteiger partial charge in [0.1, 0.15) is 23.0 Å². The highest BCUT2D eigenvalue weighted by atomic mass is 32.2. The third kappa shape index (κ3) is 7.37. The van der Waals surface area contributed by atoms with Crippen molar-refractivity contribution in [1.82, 2.24) is 0 Å². The fraction of sp³-hybridized carbons (Fsp3) is 0.643. The van der Waals surface area contributed by atoms with Gasteiger partial charge in [0.05, 0.1) is 39.2 Å². The van der Waals surface area contributed by atoms with Gasteiger partial charge in [0.15, 0.2) is 0 Å². The van der Waals surface area contributed by atoms with Crippen LogP contribution in [0.4, 0.5) is 0 Å². The Hall–Kier alpha value is -1.75. The van der Waals surface area contributed by atoms with Crippen molar-refractivity contribution in [1.29, 1.82) is 0 Å². The summed E-state index contributed by atoms with van der Waals surface area (Å²) < 4.78 is 23.4. The Morgan fingerprint density at radius 1 is 0.727 bits per heavy atom. The molecule has 0 saturated heterocycles. The summed E-state index contributed by atoms with van der Waals surface area (Å²) in [6, 6.07) is 6.03.